The molecule has 0 aliphatic rings. The van der Waals surface area contributed by atoms with Crippen molar-refractivity contribution < 1.29 is 5.11 Å². The van der Waals surface area contributed by atoms with Gasteiger partial charge in [-0.3, -0.25) is 4.68 Å². The molecule has 0 unspecified atom stereocenters. The lowest BCUT2D eigenvalue weighted by molar-refractivity contribution is 0.269. The van der Waals surface area contributed by atoms with Crippen molar-refractivity contribution in [3.05, 3.63) is 53.8 Å². The van der Waals surface area contributed by atoms with Crippen LogP contribution in [0.1, 0.15) is 5.56 Å². The van der Waals surface area contributed by atoms with E-state index < -0.39 is 0 Å². The monoisotopic (exact) mass is 377 g/mol. The molecule has 0 saturated carbocycles. The third-order valence-corrected chi connectivity index (χ3v) is 5.32. The fourth-order valence-corrected chi connectivity index (χ4v) is 3.95. The molecule has 27 heavy (non-hydrogen) atoms. The largest absolute Gasteiger partial charge is 0.394 e. The van der Waals surface area contributed by atoms with Gasteiger partial charge >= 0.3 is 0 Å². The lowest BCUT2D eigenvalue weighted by Gasteiger charge is -2.02. The summed E-state index contributed by atoms with van der Waals surface area (Å²) in [5.74, 6) is 0. The van der Waals surface area contributed by atoms with Crippen molar-refractivity contribution in [1.29, 1.82) is 0 Å². The van der Waals surface area contributed by atoms with Gasteiger partial charge in [0.25, 0.3) is 0 Å². The first-order valence-electron chi connectivity index (χ1n) is 8.47. The van der Waals surface area contributed by atoms with Gasteiger partial charge in [0.1, 0.15) is 10.3 Å². The average Bonchev–Trinajstić information content (AvgIpc) is 3.42. The molecule has 0 spiro atoms. The number of aliphatic hydroxyl groups is 1. The zero-order valence-corrected chi connectivity index (χ0v) is 15.0. The van der Waals surface area contributed by atoms with Gasteiger partial charge in [-0.1, -0.05) is 11.3 Å². The number of thiophene rings is 1. The molecule has 0 amide bonds. The van der Waals surface area contributed by atoms with Crippen molar-refractivity contribution in [2.24, 2.45) is 0 Å². The zero-order chi connectivity index (χ0) is 18.2. The molecule has 5 aromatic rings. The lowest BCUT2D eigenvalue weighted by Crippen LogP contribution is -2.03. The fourth-order valence-electron chi connectivity index (χ4n) is 3.04. The van der Waals surface area contributed by atoms with Crippen molar-refractivity contribution >= 4 is 32.7 Å². The van der Waals surface area contributed by atoms with Crippen LogP contribution in [0.15, 0.2) is 48.2 Å². The van der Waals surface area contributed by atoms with Crippen LogP contribution in [-0.4, -0.2) is 46.5 Å². The first-order valence-corrected chi connectivity index (χ1v) is 9.35. The van der Waals surface area contributed by atoms with Gasteiger partial charge in [0.15, 0.2) is 5.65 Å². The minimum Gasteiger partial charge on any atom is -0.394 e. The van der Waals surface area contributed by atoms with Gasteiger partial charge in [0, 0.05) is 23.3 Å². The van der Waals surface area contributed by atoms with Gasteiger partial charge in [-0.2, -0.15) is 5.10 Å². The maximum Gasteiger partial charge on any atom is 0.179 e. The number of hydrogen-bond acceptors (Lipinski definition) is 7. The van der Waals surface area contributed by atoms with Crippen LogP contribution in [0.5, 0.6) is 0 Å². The van der Waals surface area contributed by atoms with Gasteiger partial charge in [-0.05, 0) is 29.1 Å². The number of aromatic nitrogens is 7. The van der Waals surface area contributed by atoms with Crippen LogP contribution in [0.3, 0.4) is 0 Å². The molecule has 0 aliphatic carbocycles. The van der Waals surface area contributed by atoms with Crippen LogP contribution in [0.4, 0.5) is 0 Å². The molecule has 0 saturated heterocycles. The Morgan fingerprint density at radius 2 is 2.15 bits per heavy atom. The minimum absolute atomic E-state index is 0.0493. The van der Waals surface area contributed by atoms with E-state index in [9.17, 15) is 0 Å². The van der Waals surface area contributed by atoms with E-state index in [1.807, 2.05) is 29.1 Å². The standard InChI is InChI=1S/C18H15N7OS/c26-7-6-24-9-12(8-20-24)15-3-4-16-17(21-15)25(23-22-16)10-13-11-27-18-14(13)2-1-5-19-18/h1-5,8-9,11,26H,6-7,10H2. The number of pyridine rings is 2. The molecule has 5 aromatic heterocycles. The molecule has 9 heteroatoms. The Morgan fingerprint density at radius 1 is 1.19 bits per heavy atom. The van der Waals surface area contributed by atoms with Crippen molar-refractivity contribution in [1.82, 2.24) is 34.7 Å². The summed E-state index contributed by atoms with van der Waals surface area (Å²) in [7, 11) is 0. The molecule has 0 atom stereocenters. The summed E-state index contributed by atoms with van der Waals surface area (Å²) in [4.78, 5) is 10.2. The molecule has 0 fully saturated rings. The van der Waals surface area contributed by atoms with Gasteiger partial charge in [-0.15, -0.1) is 16.4 Å². The van der Waals surface area contributed by atoms with Crippen molar-refractivity contribution in [3.8, 4) is 11.3 Å². The van der Waals surface area contributed by atoms with Crippen molar-refractivity contribution in [3.63, 3.8) is 0 Å². The molecule has 134 valence electrons. The van der Waals surface area contributed by atoms with Gasteiger partial charge in [0.2, 0.25) is 0 Å². The Bertz CT molecular complexity index is 1240. The molecule has 0 aliphatic heterocycles. The topological polar surface area (TPSA) is 94.5 Å². The normalized spacial score (nSPS) is 11.6. The summed E-state index contributed by atoms with van der Waals surface area (Å²) in [5, 5.41) is 25.0. The van der Waals surface area contributed by atoms with Crippen molar-refractivity contribution in [2.75, 3.05) is 6.61 Å². The third-order valence-electron chi connectivity index (χ3n) is 4.37. The molecular weight excluding hydrogens is 362 g/mol. The summed E-state index contributed by atoms with van der Waals surface area (Å²) < 4.78 is 3.51. The Balaban J connectivity index is 1.53. The molecule has 8 nitrogen and oxygen atoms in total. The first kappa shape index (κ1) is 16.0. The summed E-state index contributed by atoms with van der Waals surface area (Å²) in [6, 6.07) is 7.84. The summed E-state index contributed by atoms with van der Waals surface area (Å²) in [6.45, 7) is 1.09. The highest BCUT2D eigenvalue weighted by Crippen LogP contribution is 2.25. The van der Waals surface area contributed by atoms with E-state index in [2.05, 4.69) is 31.8 Å². The quantitative estimate of drug-likeness (QED) is 0.505. The highest BCUT2D eigenvalue weighted by Gasteiger charge is 2.12. The summed E-state index contributed by atoms with van der Waals surface area (Å²) >= 11 is 1.62. The van der Waals surface area contributed by atoms with Crippen LogP contribution in [0, 0.1) is 0 Å². The number of rotatable bonds is 5. The van der Waals surface area contributed by atoms with Gasteiger partial charge < -0.3 is 5.11 Å². The van der Waals surface area contributed by atoms with Crippen LogP contribution in [0.25, 0.3) is 32.6 Å². The van der Waals surface area contributed by atoms with E-state index in [1.165, 1.54) is 0 Å². The third kappa shape index (κ3) is 2.86. The SMILES string of the molecule is OCCn1cc(-c2ccc3nnn(Cc4csc5ncccc45)c3n2)cn1. The molecule has 0 bridgehead atoms. The van der Waals surface area contributed by atoms with Crippen LogP contribution in [-0.2, 0) is 13.1 Å². The Hall–Kier alpha value is -3.17. The summed E-state index contributed by atoms with van der Waals surface area (Å²) in [6.07, 6.45) is 5.42. The van der Waals surface area contributed by atoms with E-state index >= 15 is 0 Å². The van der Waals surface area contributed by atoms with E-state index in [0.29, 0.717) is 13.1 Å². The number of fused-ring (bicyclic) bond motifs is 2. The van der Waals surface area contributed by atoms with Crippen LogP contribution >= 0.6 is 11.3 Å². The molecule has 1 N–H and O–H groups in total. The first-order chi connectivity index (χ1) is 13.3. The molecule has 0 radical (unpaired) electrons. The van der Waals surface area contributed by atoms with Crippen LogP contribution < -0.4 is 0 Å². The average molecular weight is 377 g/mol. The van der Waals surface area contributed by atoms with E-state index in [0.717, 1.165) is 38.2 Å². The molecular formula is C18H15N7OS. The second-order valence-electron chi connectivity index (χ2n) is 6.12. The fraction of sp³-hybridized carbons (Fsp3) is 0.167. The predicted octanol–water partition coefficient (Wildman–Crippen LogP) is 2.34. The van der Waals surface area contributed by atoms with Gasteiger partial charge in [-0.25, -0.2) is 14.6 Å². The van der Waals surface area contributed by atoms with Crippen LogP contribution in [0.2, 0.25) is 0 Å². The number of aliphatic hydroxyl groups excluding tert-OH is 1. The summed E-state index contributed by atoms with van der Waals surface area (Å²) in [5.41, 5.74) is 4.32. The highest BCUT2D eigenvalue weighted by molar-refractivity contribution is 7.16. The highest BCUT2D eigenvalue weighted by atomic mass is 32.1. The second-order valence-corrected chi connectivity index (χ2v) is 6.98. The Morgan fingerprint density at radius 3 is 3.07 bits per heavy atom. The van der Waals surface area contributed by atoms with E-state index in [-0.39, 0.29) is 6.61 Å². The maximum absolute atomic E-state index is 9.05. The predicted molar refractivity (Wildman–Crippen MR) is 102 cm³/mol. The van der Waals surface area contributed by atoms with E-state index in [1.54, 1.807) is 28.4 Å². The Kier molecular flexibility index (Phi) is 3.88. The number of nitrogens with zero attached hydrogens (tertiary/aromatic N) is 7. The van der Waals surface area contributed by atoms with E-state index in [4.69, 9.17) is 10.1 Å². The maximum atomic E-state index is 9.05. The Labute approximate surface area is 157 Å². The zero-order valence-electron chi connectivity index (χ0n) is 14.2. The lowest BCUT2D eigenvalue weighted by atomic mass is 10.2. The van der Waals surface area contributed by atoms with Gasteiger partial charge in [0.05, 0.1) is 31.6 Å². The molecule has 0 aromatic carbocycles. The molecule has 5 heterocycles. The minimum atomic E-state index is 0.0493. The molecule has 5 rings (SSSR count). The smallest absolute Gasteiger partial charge is 0.179 e. The van der Waals surface area contributed by atoms with Crippen molar-refractivity contribution in [2.45, 2.75) is 13.1 Å². The second kappa shape index (κ2) is 6.53. The number of hydrogen-bond donors (Lipinski definition) is 1.